The fourth-order valence-corrected chi connectivity index (χ4v) is 0.601. The molecule has 0 spiro atoms. The van der Waals surface area contributed by atoms with Crippen LogP contribution in [0.15, 0.2) is 0 Å². The maximum absolute atomic E-state index is 9.61. The highest BCUT2D eigenvalue weighted by Gasteiger charge is 2.27. The van der Waals surface area contributed by atoms with Gasteiger partial charge in [-0.2, -0.15) is 0 Å². The van der Waals surface area contributed by atoms with Gasteiger partial charge in [0.05, 0.1) is 0 Å². The molecule has 0 radical (unpaired) electrons. The van der Waals surface area contributed by atoms with E-state index in [1.54, 1.807) is 0 Å². The summed E-state index contributed by atoms with van der Waals surface area (Å²) in [6, 6.07) is 0. The van der Waals surface area contributed by atoms with Crippen LogP contribution in [0.1, 0.15) is 0 Å². The number of hydrogen-bond acceptors (Lipinski definition) is 1. The molecule has 0 heterocycles. The lowest BCUT2D eigenvalue weighted by Crippen LogP contribution is -2.06. The van der Waals surface area contributed by atoms with Gasteiger partial charge in [0, 0.05) is 4.21 Å². The van der Waals surface area contributed by atoms with Crippen molar-refractivity contribution >= 4 is 46.5 Å². The average Bonchev–Trinajstić information content (AvgIpc) is 1.30. The minimum absolute atomic E-state index is 0.00231. The number of rotatable bonds is 1. The predicted molar refractivity (Wildman–Crippen MR) is 33.2 cm³/mol. The highest BCUT2D eigenvalue weighted by atomic mass is 35.6. The monoisotopic (exact) mass is 179 g/mol. The zero-order valence-electron chi connectivity index (χ0n) is 3.16. The molecular formula is C2H2Cl3OS+. The summed E-state index contributed by atoms with van der Waals surface area (Å²) in [7, 11) is 0. The normalized spacial score (nSPS) is 11.3. The van der Waals surface area contributed by atoms with Gasteiger partial charge in [0.2, 0.25) is 3.79 Å². The van der Waals surface area contributed by atoms with Crippen molar-refractivity contribution in [1.29, 1.82) is 0 Å². The van der Waals surface area contributed by atoms with Gasteiger partial charge in [-0.25, -0.2) is 0 Å². The van der Waals surface area contributed by atoms with E-state index >= 15 is 0 Å². The van der Waals surface area contributed by atoms with E-state index in [4.69, 9.17) is 34.8 Å². The molecular weight excluding hydrogens is 178 g/mol. The molecule has 42 valence electrons. The molecule has 0 amide bonds. The lowest BCUT2D eigenvalue weighted by Gasteiger charge is -1.94. The lowest BCUT2D eigenvalue weighted by molar-refractivity contribution is 0.605. The van der Waals surface area contributed by atoms with Crippen molar-refractivity contribution in [2.24, 2.45) is 0 Å². The van der Waals surface area contributed by atoms with Crippen LogP contribution < -0.4 is 0 Å². The van der Waals surface area contributed by atoms with Crippen LogP contribution in [0.4, 0.5) is 0 Å². The molecule has 0 aromatic carbocycles. The standard InChI is InChI=1S/C2H2Cl3OS/c3-2(4,5)1-7-6/h1H2/q+1. The molecule has 0 aromatic rings. The molecule has 0 saturated carbocycles. The third-order valence-electron chi connectivity index (χ3n) is 0.223. The molecule has 0 N–H and O–H groups in total. The summed E-state index contributed by atoms with van der Waals surface area (Å²) < 4.78 is 8.23. The molecule has 5 heteroatoms. The molecule has 0 aliphatic heterocycles. The smallest absolute Gasteiger partial charge is 0.0775 e. The lowest BCUT2D eigenvalue weighted by atomic mass is 10.9. The van der Waals surface area contributed by atoms with Crippen molar-refractivity contribution in [3.8, 4) is 0 Å². The van der Waals surface area contributed by atoms with Crippen molar-refractivity contribution < 1.29 is 4.21 Å². The highest BCUT2D eigenvalue weighted by molar-refractivity contribution is 7.65. The van der Waals surface area contributed by atoms with Gasteiger partial charge in [-0.15, -0.1) is 0 Å². The molecule has 7 heavy (non-hydrogen) atoms. The van der Waals surface area contributed by atoms with E-state index in [0.717, 1.165) is 0 Å². The molecule has 0 unspecified atom stereocenters. The Balaban J connectivity index is 3.34. The number of hydrogen-bond donors (Lipinski definition) is 0. The largest absolute Gasteiger partial charge is 0.463 e. The maximum atomic E-state index is 9.61. The summed E-state index contributed by atoms with van der Waals surface area (Å²) in [6.07, 6.45) is 0. The predicted octanol–water partition coefficient (Wildman–Crippen LogP) is 1.78. The van der Waals surface area contributed by atoms with Gasteiger partial charge in [-0.1, -0.05) is 34.8 Å². The van der Waals surface area contributed by atoms with E-state index in [9.17, 15) is 4.21 Å². The molecule has 0 aliphatic rings. The van der Waals surface area contributed by atoms with Gasteiger partial charge in [0.15, 0.2) is 0 Å². The summed E-state index contributed by atoms with van der Waals surface area (Å²) in [4.78, 5) is 0. The van der Waals surface area contributed by atoms with E-state index in [-0.39, 0.29) is 17.4 Å². The Labute approximate surface area is 60.4 Å². The molecule has 0 atom stereocenters. The first-order valence-corrected chi connectivity index (χ1v) is 3.42. The Morgan fingerprint density at radius 3 is 1.86 bits per heavy atom. The van der Waals surface area contributed by atoms with Crippen molar-refractivity contribution in [1.82, 2.24) is 0 Å². The van der Waals surface area contributed by atoms with Gasteiger partial charge < -0.3 is 0 Å². The molecule has 0 aromatic heterocycles. The van der Waals surface area contributed by atoms with Crippen LogP contribution in [0.2, 0.25) is 0 Å². The fraction of sp³-hybridized carbons (Fsp3) is 1.00. The van der Waals surface area contributed by atoms with Crippen LogP contribution in [-0.2, 0) is 15.9 Å². The van der Waals surface area contributed by atoms with Crippen LogP contribution in [0, 0.1) is 0 Å². The van der Waals surface area contributed by atoms with E-state index in [2.05, 4.69) is 0 Å². The Morgan fingerprint density at radius 2 is 1.86 bits per heavy atom. The van der Waals surface area contributed by atoms with E-state index in [0.29, 0.717) is 0 Å². The second-order valence-electron chi connectivity index (χ2n) is 0.877. The summed E-state index contributed by atoms with van der Waals surface area (Å²) in [5, 5.41) is 0. The second kappa shape index (κ2) is 3.02. The first-order chi connectivity index (χ1) is 3.06. The van der Waals surface area contributed by atoms with Gasteiger partial charge in [0.1, 0.15) is 0 Å². The van der Waals surface area contributed by atoms with Crippen LogP contribution in [0.25, 0.3) is 0 Å². The average molecular weight is 180 g/mol. The van der Waals surface area contributed by atoms with Crippen LogP contribution in [-0.4, -0.2) is 9.55 Å². The Morgan fingerprint density at radius 1 is 1.43 bits per heavy atom. The Kier molecular flexibility index (Phi) is 3.41. The first kappa shape index (κ1) is 7.89. The summed E-state index contributed by atoms with van der Waals surface area (Å²) in [6.45, 7) is 0. The van der Waals surface area contributed by atoms with Crippen molar-refractivity contribution in [3.63, 3.8) is 0 Å². The third kappa shape index (κ3) is 6.89. The number of halogens is 3. The SMILES string of the molecule is O=[S+]CC(Cl)(Cl)Cl. The first-order valence-electron chi connectivity index (χ1n) is 1.38. The van der Waals surface area contributed by atoms with Crippen molar-refractivity contribution in [2.45, 2.75) is 3.79 Å². The zero-order chi connectivity index (χ0) is 5.91. The molecule has 0 aliphatic carbocycles. The van der Waals surface area contributed by atoms with E-state index < -0.39 is 3.79 Å². The Hall–Kier alpha value is 0.890. The minimum atomic E-state index is -1.38. The van der Waals surface area contributed by atoms with Crippen LogP contribution in [0.5, 0.6) is 0 Å². The van der Waals surface area contributed by atoms with E-state index in [1.165, 1.54) is 0 Å². The van der Waals surface area contributed by atoms with Crippen molar-refractivity contribution in [2.75, 3.05) is 5.75 Å². The summed E-state index contributed by atoms with van der Waals surface area (Å²) in [5.74, 6) is -0.00231. The summed E-state index contributed by atoms with van der Waals surface area (Å²) >= 11 is 15.7. The van der Waals surface area contributed by atoms with E-state index in [1.807, 2.05) is 0 Å². The molecule has 0 bridgehead atoms. The maximum Gasteiger partial charge on any atom is 0.463 e. The highest BCUT2D eigenvalue weighted by Crippen LogP contribution is 2.24. The molecule has 0 fully saturated rings. The molecule has 0 rings (SSSR count). The fourth-order valence-electron chi connectivity index (χ4n) is 0.0668. The Bertz CT molecular complexity index is 67.8. The van der Waals surface area contributed by atoms with Gasteiger partial charge in [-0.05, 0) is 0 Å². The summed E-state index contributed by atoms with van der Waals surface area (Å²) in [5.41, 5.74) is 0. The van der Waals surface area contributed by atoms with Crippen LogP contribution in [0.3, 0.4) is 0 Å². The minimum Gasteiger partial charge on any atom is -0.0775 e. The van der Waals surface area contributed by atoms with Crippen LogP contribution >= 0.6 is 34.8 Å². The van der Waals surface area contributed by atoms with Crippen molar-refractivity contribution in [3.05, 3.63) is 0 Å². The van der Waals surface area contributed by atoms with Gasteiger partial charge >= 0.3 is 11.7 Å². The zero-order valence-corrected chi connectivity index (χ0v) is 6.24. The topological polar surface area (TPSA) is 17.1 Å². The van der Waals surface area contributed by atoms with Gasteiger partial charge in [-0.3, -0.25) is 0 Å². The quantitative estimate of drug-likeness (QED) is 0.444. The molecule has 0 saturated heterocycles. The molecule has 1 nitrogen and oxygen atoms in total. The number of alkyl halides is 3. The van der Waals surface area contributed by atoms with Gasteiger partial charge in [0.25, 0.3) is 5.75 Å². The second-order valence-corrected chi connectivity index (χ2v) is 3.92. The third-order valence-corrected chi connectivity index (χ3v) is 1.65.